The van der Waals surface area contributed by atoms with E-state index in [-0.39, 0.29) is 24.1 Å². The maximum absolute atomic E-state index is 12.7. The van der Waals surface area contributed by atoms with Crippen LogP contribution in [0.5, 0.6) is 11.5 Å². The average molecular weight is 379 g/mol. The van der Waals surface area contributed by atoms with E-state index in [1.807, 2.05) is 32.0 Å². The molecule has 2 heterocycles. The second-order valence-corrected chi connectivity index (χ2v) is 6.74. The number of anilines is 1. The lowest BCUT2D eigenvalue weighted by Gasteiger charge is -2.14. The number of hydrogen-bond donors (Lipinski definition) is 1. The van der Waals surface area contributed by atoms with Crippen molar-refractivity contribution < 1.29 is 14.3 Å². The van der Waals surface area contributed by atoms with Crippen LogP contribution >= 0.6 is 0 Å². The molecule has 28 heavy (non-hydrogen) atoms. The lowest BCUT2D eigenvalue weighted by molar-refractivity contribution is -0.116. The highest BCUT2D eigenvalue weighted by Crippen LogP contribution is 2.38. The van der Waals surface area contributed by atoms with Gasteiger partial charge < -0.3 is 14.8 Å². The number of benzene rings is 2. The van der Waals surface area contributed by atoms with Crippen molar-refractivity contribution in [1.82, 2.24) is 9.55 Å². The Morgan fingerprint density at radius 3 is 3.00 bits per heavy atom. The maximum Gasteiger partial charge on any atom is 0.269 e. The molecule has 1 aliphatic rings. The quantitative estimate of drug-likeness (QED) is 0.737. The van der Waals surface area contributed by atoms with Crippen molar-refractivity contribution in [3.05, 3.63) is 58.5 Å². The molecule has 7 heteroatoms. The molecule has 0 saturated heterocycles. The van der Waals surface area contributed by atoms with Crippen molar-refractivity contribution in [1.29, 1.82) is 0 Å². The van der Waals surface area contributed by atoms with Crippen LogP contribution in [0.15, 0.2) is 47.4 Å². The SMILES string of the molecule is CCOc1cc2c(cc1NC(=O)Cn1c(=O)cnc3ccccc31)O[C@H](C)C2. The second kappa shape index (κ2) is 7.34. The summed E-state index contributed by atoms with van der Waals surface area (Å²) in [5.74, 6) is 1.02. The fraction of sp³-hybridized carbons (Fsp3) is 0.286. The van der Waals surface area contributed by atoms with Crippen LogP contribution in [0.1, 0.15) is 19.4 Å². The number of nitrogens with zero attached hydrogens (tertiary/aromatic N) is 2. The van der Waals surface area contributed by atoms with Crippen LogP contribution in [-0.4, -0.2) is 28.2 Å². The van der Waals surface area contributed by atoms with E-state index in [2.05, 4.69) is 10.3 Å². The van der Waals surface area contributed by atoms with Crippen molar-refractivity contribution >= 4 is 22.6 Å². The summed E-state index contributed by atoms with van der Waals surface area (Å²) < 4.78 is 12.9. The Labute approximate surface area is 161 Å². The predicted octanol–water partition coefficient (Wildman–Crippen LogP) is 2.76. The Kier molecular flexibility index (Phi) is 4.73. The average Bonchev–Trinajstić information content (AvgIpc) is 3.03. The van der Waals surface area contributed by atoms with E-state index < -0.39 is 0 Å². The van der Waals surface area contributed by atoms with Gasteiger partial charge in [-0.2, -0.15) is 0 Å². The summed E-state index contributed by atoms with van der Waals surface area (Å²) in [6.07, 6.45) is 2.13. The van der Waals surface area contributed by atoms with E-state index in [4.69, 9.17) is 9.47 Å². The highest BCUT2D eigenvalue weighted by atomic mass is 16.5. The van der Waals surface area contributed by atoms with Gasteiger partial charge in [0.2, 0.25) is 5.91 Å². The van der Waals surface area contributed by atoms with Crippen LogP contribution in [0.25, 0.3) is 11.0 Å². The highest BCUT2D eigenvalue weighted by Gasteiger charge is 2.22. The minimum absolute atomic E-state index is 0.0946. The Balaban J connectivity index is 1.62. The lowest BCUT2D eigenvalue weighted by Crippen LogP contribution is -2.28. The van der Waals surface area contributed by atoms with Gasteiger partial charge in [0.1, 0.15) is 24.1 Å². The third-order valence-electron chi connectivity index (χ3n) is 4.63. The molecule has 4 rings (SSSR count). The van der Waals surface area contributed by atoms with Crippen LogP contribution in [0.3, 0.4) is 0 Å². The van der Waals surface area contributed by atoms with E-state index in [1.54, 1.807) is 18.2 Å². The number of aromatic nitrogens is 2. The first kappa shape index (κ1) is 18.0. The first-order valence-corrected chi connectivity index (χ1v) is 9.26. The molecule has 144 valence electrons. The van der Waals surface area contributed by atoms with Crippen LogP contribution in [0.2, 0.25) is 0 Å². The second-order valence-electron chi connectivity index (χ2n) is 6.74. The first-order chi connectivity index (χ1) is 13.5. The third-order valence-corrected chi connectivity index (χ3v) is 4.63. The Morgan fingerprint density at radius 2 is 2.18 bits per heavy atom. The van der Waals surface area contributed by atoms with Crippen LogP contribution in [0.4, 0.5) is 5.69 Å². The van der Waals surface area contributed by atoms with Crippen LogP contribution in [-0.2, 0) is 17.8 Å². The number of amides is 1. The van der Waals surface area contributed by atoms with Gasteiger partial charge in [0.25, 0.3) is 5.56 Å². The number of fused-ring (bicyclic) bond motifs is 2. The lowest BCUT2D eigenvalue weighted by atomic mass is 10.1. The predicted molar refractivity (Wildman–Crippen MR) is 106 cm³/mol. The summed E-state index contributed by atoms with van der Waals surface area (Å²) in [6.45, 7) is 4.24. The number of hydrogen-bond acceptors (Lipinski definition) is 5. The van der Waals surface area contributed by atoms with E-state index in [0.29, 0.717) is 29.1 Å². The number of nitrogens with one attached hydrogen (secondary N) is 1. The molecule has 1 atom stereocenters. The fourth-order valence-corrected chi connectivity index (χ4v) is 3.42. The standard InChI is InChI=1S/C21H21N3O4/c1-3-27-19-9-14-8-13(2)28-18(14)10-16(19)23-20(25)12-24-17-7-5-4-6-15(17)22-11-21(24)26/h4-7,9-11,13H,3,8,12H2,1-2H3,(H,23,25)/t13-/m1/s1. The summed E-state index contributed by atoms with van der Waals surface area (Å²) in [5, 5.41) is 2.86. The third kappa shape index (κ3) is 3.43. The fourth-order valence-electron chi connectivity index (χ4n) is 3.42. The summed E-state index contributed by atoms with van der Waals surface area (Å²) in [4.78, 5) is 29.1. The molecule has 2 aromatic carbocycles. The summed E-state index contributed by atoms with van der Waals surface area (Å²) in [6, 6.07) is 10.9. The molecule has 0 aliphatic carbocycles. The number of ether oxygens (including phenoxy) is 2. The topological polar surface area (TPSA) is 82.5 Å². The van der Waals surface area contributed by atoms with Gasteiger partial charge in [0.05, 0.1) is 29.5 Å². The minimum Gasteiger partial charge on any atom is -0.492 e. The van der Waals surface area contributed by atoms with Crippen molar-refractivity contribution in [3.63, 3.8) is 0 Å². The summed E-state index contributed by atoms with van der Waals surface area (Å²) in [5.41, 5.74) is 2.53. The van der Waals surface area contributed by atoms with Crippen molar-refractivity contribution in [2.45, 2.75) is 32.9 Å². The van der Waals surface area contributed by atoms with Gasteiger partial charge in [-0.1, -0.05) is 12.1 Å². The van der Waals surface area contributed by atoms with Crippen molar-refractivity contribution in [2.75, 3.05) is 11.9 Å². The normalized spacial score (nSPS) is 15.1. The zero-order chi connectivity index (χ0) is 19.7. The molecular weight excluding hydrogens is 358 g/mol. The van der Waals surface area contributed by atoms with Gasteiger partial charge in [-0.05, 0) is 32.0 Å². The van der Waals surface area contributed by atoms with E-state index >= 15 is 0 Å². The minimum atomic E-state index is -0.329. The molecule has 0 saturated carbocycles. The number of rotatable bonds is 5. The van der Waals surface area contributed by atoms with Gasteiger partial charge in [-0.3, -0.25) is 14.2 Å². The zero-order valence-electron chi connectivity index (χ0n) is 15.8. The molecule has 0 bridgehead atoms. The van der Waals surface area contributed by atoms with E-state index in [9.17, 15) is 9.59 Å². The Morgan fingerprint density at radius 1 is 1.36 bits per heavy atom. The molecule has 3 aromatic rings. The zero-order valence-corrected chi connectivity index (χ0v) is 15.8. The van der Waals surface area contributed by atoms with Crippen LogP contribution < -0.4 is 20.3 Å². The number of carbonyl (C=O) groups is 1. The van der Waals surface area contributed by atoms with Gasteiger partial charge in [0, 0.05) is 18.1 Å². The van der Waals surface area contributed by atoms with E-state index in [0.717, 1.165) is 17.7 Å². The van der Waals surface area contributed by atoms with Gasteiger partial charge >= 0.3 is 0 Å². The molecule has 1 aliphatic heterocycles. The largest absolute Gasteiger partial charge is 0.492 e. The molecule has 1 N–H and O–H groups in total. The molecule has 0 unspecified atom stereocenters. The summed E-state index contributed by atoms with van der Waals surface area (Å²) >= 11 is 0. The Hall–Kier alpha value is -3.35. The van der Waals surface area contributed by atoms with Crippen LogP contribution in [0, 0.1) is 0 Å². The van der Waals surface area contributed by atoms with Crippen molar-refractivity contribution in [2.24, 2.45) is 0 Å². The molecule has 7 nitrogen and oxygen atoms in total. The van der Waals surface area contributed by atoms with Gasteiger partial charge in [-0.15, -0.1) is 0 Å². The molecular formula is C21H21N3O4. The molecule has 0 fully saturated rings. The Bertz CT molecular complexity index is 1110. The molecule has 1 amide bonds. The number of carbonyl (C=O) groups excluding carboxylic acids is 1. The molecule has 0 radical (unpaired) electrons. The number of para-hydroxylation sites is 2. The van der Waals surface area contributed by atoms with Gasteiger partial charge in [0.15, 0.2) is 0 Å². The first-order valence-electron chi connectivity index (χ1n) is 9.26. The smallest absolute Gasteiger partial charge is 0.269 e. The highest BCUT2D eigenvalue weighted by molar-refractivity contribution is 5.93. The monoisotopic (exact) mass is 379 g/mol. The summed E-state index contributed by atoms with van der Waals surface area (Å²) in [7, 11) is 0. The molecule has 1 aromatic heterocycles. The maximum atomic E-state index is 12.7. The van der Waals surface area contributed by atoms with E-state index in [1.165, 1.54) is 10.8 Å². The van der Waals surface area contributed by atoms with Gasteiger partial charge in [-0.25, -0.2) is 4.98 Å². The molecule has 0 spiro atoms. The van der Waals surface area contributed by atoms with Crippen molar-refractivity contribution in [3.8, 4) is 11.5 Å².